The standard InChI is InChI=1S/C23H27N3O3S/c1-28-20-10-9-16(12-21(20)29-2)13-23(27)24-15-17-14-19(22-8-5-11-30-22)26(25-17)18-6-3-4-7-18/h5,8-12,14,18H,3-4,6-7,13,15H2,1-2H3,(H,24,27). The molecule has 1 fully saturated rings. The van der Waals surface area contributed by atoms with E-state index in [1.165, 1.54) is 30.6 Å². The molecule has 2 aromatic heterocycles. The number of methoxy groups -OCH3 is 2. The van der Waals surface area contributed by atoms with Crippen LogP contribution in [0, 0.1) is 0 Å². The van der Waals surface area contributed by atoms with Crippen LogP contribution in [-0.4, -0.2) is 29.9 Å². The second kappa shape index (κ2) is 9.34. The molecule has 0 radical (unpaired) electrons. The fraction of sp³-hybridized carbons (Fsp3) is 0.391. The van der Waals surface area contributed by atoms with E-state index < -0.39 is 0 Å². The van der Waals surface area contributed by atoms with Gasteiger partial charge in [0.15, 0.2) is 11.5 Å². The Morgan fingerprint density at radius 2 is 1.97 bits per heavy atom. The summed E-state index contributed by atoms with van der Waals surface area (Å²) in [4.78, 5) is 13.7. The third-order valence-electron chi connectivity index (χ3n) is 5.51. The lowest BCUT2D eigenvalue weighted by Gasteiger charge is -2.13. The van der Waals surface area contributed by atoms with Crippen LogP contribution in [0.4, 0.5) is 0 Å². The molecular formula is C23H27N3O3S. The van der Waals surface area contributed by atoms with Gasteiger partial charge in [-0.05, 0) is 48.1 Å². The summed E-state index contributed by atoms with van der Waals surface area (Å²) in [5, 5.41) is 9.95. The van der Waals surface area contributed by atoms with E-state index in [-0.39, 0.29) is 12.3 Å². The summed E-state index contributed by atoms with van der Waals surface area (Å²) in [6.45, 7) is 0.421. The van der Waals surface area contributed by atoms with E-state index in [0.29, 0.717) is 24.1 Å². The number of amides is 1. The van der Waals surface area contributed by atoms with Crippen molar-refractivity contribution < 1.29 is 14.3 Å². The number of nitrogens with one attached hydrogen (secondary N) is 1. The lowest BCUT2D eigenvalue weighted by Crippen LogP contribution is -2.25. The van der Waals surface area contributed by atoms with Crippen LogP contribution in [0.5, 0.6) is 11.5 Å². The topological polar surface area (TPSA) is 65.4 Å². The van der Waals surface area contributed by atoms with Gasteiger partial charge in [-0.2, -0.15) is 5.10 Å². The Hall–Kier alpha value is -2.80. The zero-order valence-corrected chi connectivity index (χ0v) is 18.2. The molecule has 0 spiro atoms. The Morgan fingerprint density at radius 1 is 1.17 bits per heavy atom. The normalized spacial score (nSPS) is 14.1. The van der Waals surface area contributed by atoms with E-state index in [0.717, 1.165) is 17.0 Å². The first kappa shape index (κ1) is 20.5. The average Bonchev–Trinajstić information content (AvgIpc) is 3.53. The Balaban J connectivity index is 1.43. The molecule has 1 amide bonds. The van der Waals surface area contributed by atoms with Crippen molar-refractivity contribution >= 4 is 17.2 Å². The summed E-state index contributed by atoms with van der Waals surface area (Å²) in [6, 6.07) is 12.3. The van der Waals surface area contributed by atoms with Crippen molar-refractivity contribution in [3.05, 3.63) is 53.0 Å². The van der Waals surface area contributed by atoms with E-state index in [9.17, 15) is 4.79 Å². The Labute approximate surface area is 180 Å². The maximum atomic E-state index is 12.5. The molecule has 30 heavy (non-hydrogen) atoms. The molecule has 1 N–H and O–H groups in total. The number of carbonyl (C=O) groups excluding carboxylic acids is 1. The van der Waals surface area contributed by atoms with Crippen molar-refractivity contribution in [2.24, 2.45) is 0 Å². The van der Waals surface area contributed by atoms with Gasteiger partial charge >= 0.3 is 0 Å². The van der Waals surface area contributed by atoms with E-state index in [4.69, 9.17) is 14.6 Å². The maximum absolute atomic E-state index is 12.5. The quantitative estimate of drug-likeness (QED) is 0.573. The highest BCUT2D eigenvalue weighted by molar-refractivity contribution is 7.13. The number of aromatic nitrogens is 2. The minimum atomic E-state index is -0.0460. The van der Waals surface area contributed by atoms with Gasteiger partial charge < -0.3 is 14.8 Å². The fourth-order valence-corrected chi connectivity index (χ4v) is 4.73. The van der Waals surface area contributed by atoms with Gasteiger partial charge in [0.05, 0.1) is 49.5 Å². The van der Waals surface area contributed by atoms with E-state index in [1.54, 1.807) is 25.6 Å². The number of thiophene rings is 1. The number of hydrogen-bond acceptors (Lipinski definition) is 5. The molecule has 2 heterocycles. The summed E-state index contributed by atoms with van der Waals surface area (Å²) in [6.07, 6.45) is 5.13. The number of hydrogen-bond donors (Lipinski definition) is 1. The molecular weight excluding hydrogens is 398 g/mol. The molecule has 0 bridgehead atoms. The highest BCUT2D eigenvalue weighted by Gasteiger charge is 2.22. The number of ether oxygens (including phenoxy) is 2. The highest BCUT2D eigenvalue weighted by Crippen LogP contribution is 2.35. The van der Waals surface area contributed by atoms with Gasteiger partial charge in [-0.15, -0.1) is 11.3 Å². The monoisotopic (exact) mass is 425 g/mol. The van der Waals surface area contributed by atoms with E-state index in [1.807, 2.05) is 18.2 Å². The summed E-state index contributed by atoms with van der Waals surface area (Å²) in [5.74, 6) is 1.23. The first-order chi connectivity index (χ1) is 14.7. The number of carbonyl (C=O) groups is 1. The van der Waals surface area contributed by atoms with Gasteiger partial charge in [0.25, 0.3) is 0 Å². The minimum absolute atomic E-state index is 0.0460. The van der Waals surface area contributed by atoms with Gasteiger partial charge in [0, 0.05) is 0 Å². The number of benzene rings is 1. The second-order valence-corrected chi connectivity index (χ2v) is 8.47. The van der Waals surface area contributed by atoms with Crippen molar-refractivity contribution in [3.8, 4) is 22.1 Å². The van der Waals surface area contributed by atoms with Crippen LogP contribution in [0.1, 0.15) is 43.0 Å². The lowest BCUT2D eigenvalue weighted by molar-refractivity contribution is -0.120. The third kappa shape index (κ3) is 4.51. The lowest BCUT2D eigenvalue weighted by atomic mass is 10.1. The third-order valence-corrected chi connectivity index (χ3v) is 6.40. The Bertz CT molecular complexity index is 991. The Kier molecular flexibility index (Phi) is 6.38. The molecule has 0 unspecified atom stereocenters. The van der Waals surface area contributed by atoms with Gasteiger partial charge in [0.2, 0.25) is 5.91 Å². The largest absolute Gasteiger partial charge is 0.493 e. The zero-order chi connectivity index (χ0) is 20.9. The molecule has 1 saturated carbocycles. The molecule has 3 aromatic rings. The first-order valence-corrected chi connectivity index (χ1v) is 11.2. The summed E-state index contributed by atoms with van der Waals surface area (Å²) in [7, 11) is 3.19. The smallest absolute Gasteiger partial charge is 0.224 e. The Morgan fingerprint density at radius 3 is 2.67 bits per heavy atom. The molecule has 0 atom stereocenters. The van der Waals surface area contributed by atoms with Crippen LogP contribution >= 0.6 is 11.3 Å². The van der Waals surface area contributed by atoms with Crippen molar-refractivity contribution in [1.29, 1.82) is 0 Å². The van der Waals surface area contributed by atoms with E-state index >= 15 is 0 Å². The van der Waals surface area contributed by atoms with Crippen molar-refractivity contribution in [3.63, 3.8) is 0 Å². The molecule has 7 heteroatoms. The van der Waals surface area contributed by atoms with Gasteiger partial charge in [-0.25, -0.2) is 0 Å². The van der Waals surface area contributed by atoms with Crippen LogP contribution in [0.25, 0.3) is 10.6 Å². The van der Waals surface area contributed by atoms with Crippen LogP contribution in [-0.2, 0) is 17.8 Å². The van der Waals surface area contributed by atoms with Crippen LogP contribution in [0.15, 0.2) is 41.8 Å². The van der Waals surface area contributed by atoms with Crippen LogP contribution < -0.4 is 14.8 Å². The van der Waals surface area contributed by atoms with Crippen LogP contribution in [0.2, 0.25) is 0 Å². The molecule has 0 saturated heterocycles. The highest BCUT2D eigenvalue weighted by atomic mass is 32.1. The SMILES string of the molecule is COc1ccc(CC(=O)NCc2cc(-c3cccs3)n(C3CCCC3)n2)cc1OC. The van der Waals surface area contributed by atoms with Crippen molar-refractivity contribution in [2.45, 2.75) is 44.7 Å². The summed E-state index contributed by atoms with van der Waals surface area (Å²) >= 11 is 1.72. The molecule has 6 nitrogen and oxygen atoms in total. The predicted octanol–water partition coefficient (Wildman–Crippen LogP) is 4.60. The van der Waals surface area contributed by atoms with Gasteiger partial charge in [-0.1, -0.05) is 25.0 Å². The number of rotatable bonds is 8. The first-order valence-electron chi connectivity index (χ1n) is 10.3. The minimum Gasteiger partial charge on any atom is -0.493 e. The zero-order valence-electron chi connectivity index (χ0n) is 17.4. The fourth-order valence-electron chi connectivity index (χ4n) is 3.99. The van der Waals surface area contributed by atoms with Crippen molar-refractivity contribution in [1.82, 2.24) is 15.1 Å². The molecule has 1 aromatic carbocycles. The van der Waals surface area contributed by atoms with Crippen molar-refractivity contribution in [2.75, 3.05) is 14.2 Å². The summed E-state index contributed by atoms with van der Waals surface area (Å²) in [5.41, 5.74) is 2.92. The molecule has 158 valence electrons. The van der Waals surface area contributed by atoms with Crippen LogP contribution in [0.3, 0.4) is 0 Å². The maximum Gasteiger partial charge on any atom is 0.224 e. The predicted molar refractivity (Wildman–Crippen MR) is 118 cm³/mol. The molecule has 0 aliphatic heterocycles. The van der Waals surface area contributed by atoms with E-state index in [2.05, 4.69) is 33.6 Å². The van der Waals surface area contributed by atoms with Gasteiger partial charge in [0.1, 0.15) is 0 Å². The summed E-state index contributed by atoms with van der Waals surface area (Å²) < 4.78 is 12.7. The molecule has 4 rings (SSSR count). The number of nitrogens with zero attached hydrogens (tertiary/aromatic N) is 2. The molecule has 1 aliphatic carbocycles. The molecule has 1 aliphatic rings. The second-order valence-electron chi connectivity index (χ2n) is 7.52. The van der Waals surface area contributed by atoms with Gasteiger partial charge in [-0.3, -0.25) is 9.48 Å². The average molecular weight is 426 g/mol.